The van der Waals surface area contributed by atoms with Crippen LogP contribution in [-0.2, 0) is 0 Å². The van der Waals surface area contributed by atoms with Crippen LogP contribution in [0.4, 0.5) is 0 Å². The van der Waals surface area contributed by atoms with Crippen LogP contribution in [0, 0.1) is 23.7 Å². The summed E-state index contributed by atoms with van der Waals surface area (Å²) in [5.74, 6) is 4.06. The molecule has 4 aliphatic carbocycles. The average molecular weight is 236 g/mol. The van der Waals surface area contributed by atoms with Gasteiger partial charge in [0, 0.05) is 18.1 Å². The minimum atomic E-state index is 0.167. The van der Waals surface area contributed by atoms with Gasteiger partial charge in [0.15, 0.2) is 0 Å². The van der Waals surface area contributed by atoms with E-state index in [0.717, 1.165) is 42.7 Å². The van der Waals surface area contributed by atoms with Gasteiger partial charge in [0.1, 0.15) is 0 Å². The summed E-state index contributed by atoms with van der Waals surface area (Å²) >= 11 is 0. The molecule has 2 heteroatoms. The Balaban J connectivity index is 1.72. The molecule has 3 N–H and O–H groups in total. The molecule has 98 valence electrons. The summed E-state index contributed by atoms with van der Waals surface area (Å²) in [4.78, 5) is 0. The summed E-state index contributed by atoms with van der Waals surface area (Å²) in [5, 5.41) is 3.95. The Hall–Kier alpha value is -0.0800. The van der Waals surface area contributed by atoms with Crippen molar-refractivity contribution in [3.05, 3.63) is 0 Å². The molecule has 0 aliphatic heterocycles. The summed E-state index contributed by atoms with van der Waals surface area (Å²) in [6, 6.07) is 0.774. The van der Waals surface area contributed by atoms with E-state index in [9.17, 15) is 0 Å². The number of hydrogen-bond acceptors (Lipinski definition) is 2. The molecule has 0 heterocycles. The first-order chi connectivity index (χ1) is 8.13. The molecular weight excluding hydrogens is 208 g/mol. The minimum absolute atomic E-state index is 0.167. The highest BCUT2D eigenvalue weighted by molar-refractivity contribution is 5.03. The molecule has 4 saturated carbocycles. The highest BCUT2D eigenvalue weighted by atomic mass is 15.0. The molecule has 0 amide bonds. The second-order valence-electron chi connectivity index (χ2n) is 7.22. The van der Waals surface area contributed by atoms with Gasteiger partial charge in [0.2, 0.25) is 0 Å². The van der Waals surface area contributed by atoms with Crippen LogP contribution >= 0.6 is 0 Å². The summed E-state index contributed by atoms with van der Waals surface area (Å²) in [5.41, 5.74) is 6.13. The molecule has 17 heavy (non-hydrogen) atoms. The van der Waals surface area contributed by atoms with Gasteiger partial charge in [-0.25, -0.2) is 0 Å². The topological polar surface area (TPSA) is 38.0 Å². The van der Waals surface area contributed by atoms with E-state index in [1.165, 1.54) is 25.7 Å². The van der Waals surface area contributed by atoms with E-state index < -0.39 is 0 Å². The first-order valence-corrected chi connectivity index (χ1v) is 7.61. The largest absolute Gasteiger partial charge is 0.329 e. The molecule has 1 atom stereocenters. The van der Waals surface area contributed by atoms with E-state index in [1.54, 1.807) is 6.42 Å². The summed E-state index contributed by atoms with van der Waals surface area (Å²) in [6.45, 7) is 5.33. The number of nitrogens with one attached hydrogen (secondary N) is 1. The van der Waals surface area contributed by atoms with E-state index in [4.69, 9.17) is 5.73 Å². The van der Waals surface area contributed by atoms with Crippen molar-refractivity contribution in [2.75, 3.05) is 6.54 Å². The summed E-state index contributed by atoms with van der Waals surface area (Å²) < 4.78 is 0. The van der Waals surface area contributed by atoms with Gasteiger partial charge in [-0.05, 0) is 69.1 Å². The Morgan fingerprint density at radius 3 is 2.00 bits per heavy atom. The number of nitrogens with two attached hydrogens (primary N) is 1. The van der Waals surface area contributed by atoms with Crippen LogP contribution < -0.4 is 11.1 Å². The SMILES string of the molecule is CCC(C)(CN)NC1C2CC3CC(C2)CC1C3. The van der Waals surface area contributed by atoms with Crippen molar-refractivity contribution in [2.45, 2.75) is 64.0 Å². The third-order valence-corrected chi connectivity index (χ3v) is 5.97. The Kier molecular flexibility index (Phi) is 2.99. The average Bonchev–Trinajstić information content (AvgIpc) is 2.33. The number of hydrogen-bond donors (Lipinski definition) is 2. The van der Waals surface area contributed by atoms with Crippen LogP contribution in [0.25, 0.3) is 0 Å². The standard InChI is InChI=1S/C15H28N2/c1-3-15(2,9-16)17-14-12-5-10-4-11(7-12)8-13(14)6-10/h10-14,17H,3-9,16H2,1-2H3. The van der Waals surface area contributed by atoms with Crippen LogP contribution in [0.15, 0.2) is 0 Å². The zero-order chi connectivity index (χ0) is 12.0. The highest BCUT2D eigenvalue weighted by Gasteiger charge is 2.49. The van der Waals surface area contributed by atoms with Crippen LogP contribution in [0.2, 0.25) is 0 Å². The quantitative estimate of drug-likeness (QED) is 0.787. The molecule has 0 spiro atoms. The van der Waals surface area contributed by atoms with E-state index in [-0.39, 0.29) is 5.54 Å². The van der Waals surface area contributed by atoms with Crippen LogP contribution in [-0.4, -0.2) is 18.1 Å². The van der Waals surface area contributed by atoms with Gasteiger partial charge < -0.3 is 11.1 Å². The molecule has 4 fully saturated rings. The lowest BCUT2D eigenvalue weighted by atomic mass is 9.54. The van der Waals surface area contributed by atoms with Crippen LogP contribution in [0.1, 0.15) is 52.4 Å². The van der Waals surface area contributed by atoms with E-state index in [2.05, 4.69) is 19.2 Å². The molecule has 4 bridgehead atoms. The predicted molar refractivity (Wildman–Crippen MR) is 71.7 cm³/mol. The fourth-order valence-corrected chi connectivity index (χ4v) is 4.87. The van der Waals surface area contributed by atoms with Crippen molar-refractivity contribution >= 4 is 0 Å². The monoisotopic (exact) mass is 236 g/mol. The number of rotatable bonds is 4. The van der Waals surface area contributed by atoms with Crippen molar-refractivity contribution in [1.82, 2.24) is 5.32 Å². The lowest BCUT2D eigenvalue weighted by Crippen LogP contribution is -2.62. The second-order valence-corrected chi connectivity index (χ2v) is 7.22. The lowest BCUT2D eigenvalue weighted by molar-refractivity contribution is -0.0240. The smallest absolute Gasteiger partial charge is 0.0275 e. The van der Waals surface area contributed by atoms with Crippen LogP contribution in [0.3, 0.4) is 0 Å². The molecule has 1 unspecified atom stereocenters. The van der Waals surface area contributed by atoms with Crippen LogP contribution in [0.5, 0.6) is 0 Å². The Morgan fingerprint density at radius 1 is 1.06 bits per heavy atom. The maximum atomic E-state index is 5.96. The summed E-state index contributed by atoms with van der Waals surface area (Å²) in [6.07, 6.45) is 8.67. The lowest BCUT2D eigenvalue weighted by Gasteiger charge is -2.56. The second kappa shape index (κ2) is 4.24. The highest BCUT2D eigenvalue weighted by Crippen LogP contribution is 2.54. The molecule has 2 nitrogen and oxygen atoms in total. The minimum Gasteiger partial charge on any atom is -0.329 e. The van der Waals surface area contributed by atoms with E-state index in [1.807, 2.05) is 0 Å². The van der Waals surface area contributed by atoms with Gasteiger partial charge in [-0.3, -0.25) is 0 Å². The zero-order valence-corrected chi connectivity index (χ0v) is 11.4. The van der Waals surface area contributed by atoms with Crippen molar-refractivity contribution < 1.29 is 0 Å². The van der Waals surface area contributed by atoms with Gasteiger partial charge in [0.05, 0.1) is 0 Å². The summed E-state index contributed by atoms with van der Waals surface area (Å²) in [7, 11) is 0. The third kappa shape index (κ3) is 2.04. The molecule has 0 aromatic rings. The maximum absolute atomic E-state index is 5.96. The van der Waals surface area contributed by atoms with E-state index in [0.29, 0.717) is 0 Å². The third-order valence-electron chi connectivity index (χ3n) is 5.97. The Morgan fingerprint density at radius 2 is 1.59 bits per heavy atom. The Labute approximate surface area is 106 Å². The maximum Gasteiger partial charge on any atom is 0.0275 e. The first kappa shape index (κ1) is 12.0. The Bertz CT molecular complexity index is 255. The van der Waals surface area contributed by atoms with E-state index >= 15 is 0 Å². The van der Waals surface area contributed by atoms with Gasteiger partial charge in [-0.2, -0.15) is 0 Å². The zero-order valence-electron chi connectivity index (χ0n) is 11.4. The molecular formula is C15H28N2. The molecule has 0 saturated heterocycles. The van der Waals surface area contributed by atoms with Gasteiger partial charge >= 0.3 is 0 Å². The predicted octanol–water partition coefficient (Wildman–Crippen LogP) is 2.53. The van der Waals surface area contributed by atoms with Crippen molar-refractivity contribution in [2.24, 2.45) is 29.4 Å². The molecule has 0 aromatic carbocycles. The van der Waals surface area contributed by atoms with Crippen molar-refractivity contribution in [3.63, 3.8) is 0 Å². The molecule has 0 aromatic heterocycles. The molecule has 4 rings (SSSR count). The van der Waals surface area contributed by atoms with Gasteiger partial charge in [-0.1, -0.05) is 6.92 Å². The van der Waals surface area contributed by atoms with Crippen molar-refractivity contribution in [3.8, 4) is 0 Å². The molecule has 4 aliphatic rings. The van der Waals surface area contributed by atoms with Gasteiger partial charge in [0.25, 0.3) is 0 Å². The normalized spacial score (nSPS) is 47.1. The van der Waals surface area contributed by atoms with Crippen molar-refractivity contribution in [1.29, 1.82) is 0 Å². The molecule has 0 radical (unpaired) electrons. The fraction of sp³-hybridized carbons (Fsp3) is 1.00. The first-order valence-electron chi connectivity index (χ1n) is 7.61. The fourth-order valence-electron chi connectivity index (χ4n) is 4.87. The van der Waals surface area contributed by atoms with Gasteiger partial charge in [-0.15, -0.1) is 0 Å².